The lowest BCUT2D eigenvalue weighted by Gasteiger charge is -2.40. The second-order valence-electron chi connectivity index (χ2n) is 6.88. The van der Waals surface area contributed by atoms with Gasteiger partial charge in [0, 0.05) is 26.7 Å². The molecule has 0 spiro atoms. The molecule has 0 aromatic heterocycles. The van der Waals surface area contributed by atoms with Crippen LogP contribution in [0.2, 0.25) is 0 Å². The van der Waals surface area contributed by atoms with Crippen molar-refractivity contribution in [3.05, 3.63) is 0 Å². The number of nitrogens with one attached hydrogen (secondary N) is 1. The number of hydrogen-bond donors (Lipinski definition) is 1. The maximum Gasteiger partial charge on any atom is 0.242 e. The van der Waals surface area contributed by atoms with E-state index in [1.807, 2.05) is 0 Å². The van der Waals surface area contributed by atoms with Crippen molar-refractivity contribution in [1.82, 2.24) is 15.1 Å². The van der Waals surface area contributed by atoms with Crippen LogP contribution in [0.25, 0.3) is 0 Å². The van der Waals surface area contributed by atoms with E-state index in [4.69, 9.17) is 4.74 Å². The number of hydrogen-bond acceptors (Lipinski definition) is 4. The molecule has 0 unspecified atom stereocenters. The summed E-state index contributed by atoms with van der Waals surface area (Å²) < 4.78 is 5.27. The maximum atomic E-state index is 13.0. The number of rotatable bonds is 3. The number of halogens is 1. The molecule has 2 atom stereocenters. The lowest BCUT2D eigenvalue weighted by molar-refractivity contribution is -0.149. The first-order chi connectivity index (χ1) is 10.6. The molecule has 2 aliphatic heterocycles. The van der Waals surface area contributed by atoms with Crippen molar-refractivity contribution >= 4 is 24.2 Å². The summed E-state index contributed by atoms with van der Waals surface area (Å²) in [4.78, 5) is 28.8. The smallest absolute Gasteiger partial charge is 0.242 e. The van der Waals surface area contributed by atoms with Gasteiger partial charge in [-0.15, -0.1) is 12.4 Å². The molecule has 0 aromatic carbocycles. The highest BCUT2D eigenvalue weighted by Crippen LogP contribution is 2.44. The summed E-state index contributed by atoms with van der Waals surface area (Å²) in [6, 6.07) is 0. The second-order valence-corrected chi connectivity index (χ2v) is 6.88. The zero-order valence-electron chi connectivity index (χ0n) is 13.9. The fraction of sp³-hybridized carbons (Fsp3) is 0.875. The highest BCUT2D eigenvalue weighted by Gasteiger charge is 2.51. The number of morpholine rings is 1. The van der Waals surface area contributed by atoms with E-state index < -0.39 is 0 Å². The van der Waals surface area contributed by atoms with Crippen molar-refractivity contribution in [3.8, 4) is 0 Å². The Balaban J connectivity index is 0.00000192. The van der Waals surface area contributed by atoms with E-state index in [0.29, 0.717) is 32.2 Å². The quantitative estimate of drug-likeness (QED) is 0.809. The van der Waals surface area contributed by atoms with Gasteiger partial charge < -0.3 is 19.9 Å². The number of ether oxygens (including phenoxy) is 1. The van der Waals surface area contributed by atoms with Crippen LogP contribution in [0.1, 0.15) is 25.7 Å². The molecular formula is C16H28ClN3O3. The predicted octanol–water partition coefficient (Wildman–Crippen LogP) is 0.505. The van der Waals surface area contributed by atoms with Gasteiger partial charge in [0.15, 0.2) is 0 Å². The molecule has 3 fully saturated rings. The largest absolute Gasteiger partial charge is 0.378 e. The number of carbonyl (C=O) groups excluding carboxylic acids is 2. The normalized spacial score (nSPS) is 30.3. The summed E-state index contributed by atoms with van der Waals surface area (Å²) in [6.45, 7) is 4.36. The molecule has 0 aromatic rings. The number of likely N-dealkylation sites (N-methyl/N-ethyl adjacent to an activating group) is 1. The SMILES string of the molecule is CN(CC(=O)N1CCOCC1)C(=O)[C@@]12CCCC[C@H]1CNC2.Cl. The van der Waals surface area contributed by atoms with Crippen molar-refractivity contribution in [2.75, 3.05) is 53.0 Å². The minimum atomic E-state index is -0.266. The van der Waals surface area contributed by atoms with Crippen molar-refractivity contribution in [2.24, 2.45) is 11.3 Å². The molecule has 2 heterocycles. The van der Waals surface area contributed by atoms with E-state index in [1.54, 1.807) is 16.8 Å². The number of carbonyl (C=O) groups is 2. The van der Waals surface area contributed by atoms with Crippen LogP contribution in [-0.4, -0.2) is 74.6 Å². The Kier molecular flexibility index (Phi) is 6.28. The van der Waals surface area contributed by atoms with Gasteiger partial charge >= 0.3 is 0 Å². The van der Waals surface area contributed by atoms with E-state index >= 15 is 0 Å². The van der Waals surface area contributed by atoms with Crippen LogP contribution in [-0.2, 0) is 14.3 Å². The molecule has 132 valence electrons. The third kappa shape index (κ3) is 3.64. The summed E-state index contributed by atoms with van der Waals surface area (Å²) >= 11 is 0. The topological polar surface area (TPSA) is 61.9 Å². The van der Waals surface area contributed by atoms with E-state index in [0.717, 1.165) is 32.4 Å². The molecule has 0 bridgehead atoms. The van der Waals surface area contributed by atoms with Gasteiger partial charge in [-0.3, -0.25) is 9.59 Å². The van der Waals surface area contributed by atoms with Gasteiger partial charge in [-0.2, -0.15) is 0 Å². The number of fused-ring (bicyclic) bond motifs is 1. The average molecular weight is 346 g/mol. The Morgan fingerprint density at radius 3 is 2.78 bits per heavy atom. The van der Waals surface area contributed by atoms with Crippen LogP contribution in [0.4, 0.5) is 0 Å². The average Bonchev–Trinajstić information content (AvgIpc) is 3.00. The molecule has 2 amide bonds. The van der Waals surface area contributed by atoms with Crippen LogP contribution in [0.3, 0.4) is 0 Å². The van der Waals surface area contributed by atoms with Crippen molar-refractivity contribution in [1.29, 1.82) is 0 Å². The highest BCUT2D eigenvalue weighted by atomic mass is 35.5. The summed E-state index contributed by atoms with van der Waals surface area (Å²) in [5, 5.41) is 3.40. The molecule has 1 N–H and O–H groups in total. The first-order valence-electron chi connectivity index (χ1n) is 8.45. The molecule has 0 radical (unpaired) electrons. The van der Waals surface area contributed by atoms with E-state index in [1.165, 1.54) is 6.42 Å². The molecule has 1 aliphatic carbocycles. The number of nitrogens with zero attached hydrogens (tertiary/aromatic N) is 2. The van der Waals surface area contributed by atoms with Crippen molar-refractivity contribution in [2.45, 2.75) is 25.7 Å². The van der Waals surface area contributed by atoms with Gasteiger partial charge in [-0.1, -0.05) is 12.8 Å². The predicted molar refractivity (Wildman–Crippen MR) is 89.5 cm³/mol. The monoisotopic (exact) mass is 345 g/mol. The third-order valence-corrected chi connectivity index (χ3v) is 5.55. The molecular weight excluding hydrogens is 318 g/mol. The molecule has 1 saturated carbocycles. The summed E-state index contributed by atoms with van der Waals surface area (Å²) in [6.07, 6.45) is 4.43. The van der Waals surface area contributed by atoms with Crippen LogP contribution in [0.15, 0.2) is 0 Å². The van der Waals surface area contributed by atoms with Gasteiger partial charge in [0.1, 0.15) is 0 Å². The molecule has 2 saturated heterocycles. The highest BCUT2D eigenvalue weighted by molar-refractivity contribution is 5.88. The Morgan fingerprint density at radius 2 is 2.04 bits per heavy atom. The van der Waals surface area contributed by atoms with E-state index in [2.05, 4.69) is 5.32 Å². The fourth-order valence-corrected chi connectivity index (χ4v) is 4.24. The van der Waals surface area contributed by atoms with Gasteiger partial charge in [0.2, 0.25) is 11.8 Å². The molecule has 23 heavy (non-hydrogen) atoms. The summed E-state index contributed by atoms with van der Waals surface area (Å²) in [5.74, 6) is 0.632. The first kappa shape index (κ1) is 18.5. The van der Waals surface area contributed by atoms with Crippen LogP contribution in [0.5, 0.6) is 0 Å². The first-order valence-corrected chi connectivity index (χ1v) is 8.45. The van der Waals surface area contributed by atoms with Gasteiger partial charge in [0.25, 0.3) is 0 Å². The number of amides is 2. The Bertz CT molecular complexity index is 442. The third-order valence-electron chi connectivity index (χ3n) is 5.55. The minimum Gasteiger partial charge on any atom is -0.378 e. The fourth-order valence-electron chi connectivity index (χ4n) is 4.24. The lowest BCUT2D eigenvalue weighted by atomic mass is 9.67. The standard InChI is InChI=1S/C16H27N3O3.ClH/c1-18(11-14(20)19-6-8-22-9-7-19)15(21)16-5-3-2-4-13(16)10-17-12-16;/h13,17H,2-12H2,1H3;1H/t13-,16+;/m0./s1. The Hall–Kier alpha value is -0.850. The van der Waals surface area contributed by atoms with Crippen molar-refractivity contribution < 1.29 is 14.3 Å². The van der Waals surface area contributed by atoms with Crippen molar-refractivity contribution in [3.63, 3.8) is 0 Å². The van der Waals surface area contributed by atoms with Crippen LogP contribution >= 0.6 is 12.4 Å². The minimum absolute atomic E-state index is 0. The summed E-state index contributed by atoms with van der Waals surface area (Å²) in [7, 11) is 1.78. The zero-order chi connectivity index (χ0) is 15.6. The van der Waals surface area contributed by atoms with Gasteiger partial charge in [0.05, 0.1) is 25.2 Å². The Labute approximate surface area is 144 Å². The van der Waals surface area contributed by atoms with Gasteiger partial charge in [-0.05, 0) is 25.3 Å². The summed E-state index contributed by atoms with van der Waals surface area (Å²) in [5.41, 5.74) is -0.266. The zero-order valence-corrected chi connectivity index (χ0v) is 14.7. The van der Waals surface area contributed by atoms with E-state index in [-0.39, 0.29) is 36.2 Å². The molecule has 3 rings (SSSR count). The van der Waals surface area contributed by atoms with Gasteiger partial charge in [-0.25, -0.2) is 0 Å². The van der Waals surface area contributed by atoms with Crippen LogP contribution in [0, 0.1) is 11.3 Å². The molecule has 6 nitrogen and oxygen atoms in total. The maximum absolute atomic E-state index is 13.0. The van der Waals surface area contributed by atoms with E-state index in [9.17, 15) is 9.59 Å². The second kappa shape index (κ2) is 7.81. The lowest BCUT2D eigenvalue weighted by Crippen LogP contribution is -2.52. The molecule has 3 aliphatic rings. The Morgan fingerprint density at radius 1 is 1.30 bits per heavy atom. The van der Waals surface area contributed by atoms with Crippen LogP contribution < -0.4 is 5.32 Å². The molecule has 7 heteroatoms.